The predicted molar refractivity (Wildman–Crippen MR) is 119 cm³/mol. The van der Waals surface area contributed by atoms with Crippen molar-refractivity contribution in [2.45, 2.75) is 38.5 Å². The molecule has 1 aliphatic heterocycles. The normalized spacial score (nSPS) is 17.6. The quantitative estimate of drug-likeness (QED) is 0.618. The zero-order valence-electron chi connectivity index (χ0n) is 17.6. The van der Waals surface area contributed by atoms with Gasteiger partial charge in [-0.25, -0.2) is 0 Å². The van der Waals surface area contributed by atoms with Crippen LogP contribution in [0.3, 0.4) is 0 Å². The van der Waals surface area contributed by atoms with Crippen molar-refractivity contribution < 1.29 is 9.53 Å². The highest BCUT2D eigenvalue weighted by atomic mass is 16.5. The molecule has 3 aromatic rings. The van der Waals surface area contributed by atoms with Crippen LogP contribution in [0, 0.1) is 0 Å². The molecule has 2 heterocycles. The highest BCUT2D eigenvalue weighted by molar-refractivity contribution is 5.94. The van der Waals surface area contributed by atoms with E-state index in [0.717, 1.165) is 36.4 Å². The number of nitrogens with zero attached hydrogens (tertiary/aromatic N) is 2. The van der Waals surface area contributed by atoms with Crippen molar-refractivity contribution in [3.63, 3.8) is 0 Å². The number of carbonyl (C=O) groups is 1. The number of aryl methyl sites for hydroxylation is 1. The Morgan fingerprint density at radius 3 is 2.57 bits per heavy atom. The molecule has 0 bridgehead atoms. The van der Waals surface area contributed by atoms with E-state index < -0.39 is 0 Å². The molecule has 4 rings (SSSR count). The Bertz CT molecular complexity index is 966. The number of benzene rings is 2. The number of carbonyl (C=O) groups excluding carboxylic acids is 1. The summed E-state index contributed by atoms with van der Waals surface area (Å²) in [5.41, 5.74) is 3.18. The molecule has 0 radical (unpaired) electrons. The maximum atomic E-state index is 12.9. The summed E-state index contributed by atoms with van der Waals surface area (Å²) in [6.45, 7) is 3.46. The van der Waals surface area contributed by atoms with Crippen LogP contribution in [-0.4, -0.2) is 28.0 Å². The van der Waals surface area contributed by atoms with Crippen LogP contribution in [0.5, 0.6) is 5.75 Å². The minimum absolute atomic E-state index is 0.0223. The average Bonchev–Trinajstić information content (AvgIpc) is 3.42. The number of rotatable bonds is 7. The second-order valence-electron chi connectivity index (χ2n) is 7.90. The van der Waals surface area contributed by atoms with E-state index in [1.165, 1.54) is 5.69 Å². The number of ether oxygens (including phenoxy) is 1. The fourth-order valence-corrected chi connectivity index (χ4v) is 4.16. The van der Waals surface area contributed by atoms with Crippen LogP contribution in [0.2, 0.25) is 0 Å². The maximum absolute atomic E-state index is 12.9. The summed E-state index contributed by atoms with van der Waals surface area (Å²) < 4.78 is 7.98. The van der Waals surface area contributed by atoms with Crippen molar-refractivity contribution >= 4 is 11.6 Å². The van der Waals surface area contributed by atoms with Gasteiger partial charge >= 0.3 is 0 Å². The number of hydrogen-bond donors (Lipinski definition) is 1. The first-order chi connectivity index (χ1) is 14.6. The Balaban J connectivity index is 1.34. The standard InChI is InChI=1S/C25H29N3O2/c1-19(28-17-7-11-24(28)23-10-6-16-27(23)2)25(29)26-21-12-14-22(15-13-21)30-18-20-8-4-3-5-9-20/h3-6,8-10,12-16,19,24H,7,11,17-18H2,1-2H3,(H,26,29)/t19-,24+/m0/s1. The second kappa shape index (κ2) is 9.18. The Morgan fingerprint density at radius 2 is 1.87 bits per heavy atom. The smallest absolute Gasteiger partial charge is 0.241 e. The van der Waals surface area contributed by atoms with Crippen molar-refractivity contribution in [2.75, 3.05) is 11.9 Å². The Hall–Kier alpha value is -3.05. The molecule has 0 aliphatic carbocycles. The first-order valence-corrected chi connectivity index (χ1v) is 10.6. The lowest BCUT2D eigenvalue weighted by molar-refractivity contribution is -0.121. The Kier molecular flexibility index (Phi) is 6.19. The molecule has 1 aromatic heterocycles. The molecule has 30 heavy (non-hydrogen) atoms. The minimum atomic E-state index is -0.193. The monoisotopic (exact) mass is 403 g/mol. The third kappa shape index (κ3) is 4.57. The molecule has 1 fully saturated rings. The lowest BCUT2D eigenvalue weighted by Gasteiger charge is -2.30. The second-order valence-corrected chi connectivity index (χ2v) is 7.90. The van der Waals surface area contributed by atoms with E-state index in [2.05, 4.69) is 40.2 Å². The van der Waals surface area contributed by atoms with Gasteiger partial charge in [-0.1, -0.05) is 30.3 Å². The summed E-state index contributed by atoms with van der Waals surface area (Å²) >= 11 is 0. The van der Waals surface area contributed by atoms with Crippen LogP contribution in [0.1, 0.15) is 37.1 Å². The number of likely N-dealkylation sites (tertiary alicyclic amines) is 1. The van der Waals surface area contributed by atoms with Crippen LogP contribution >= 0.6 is 0 Å². The molecule has 1 saturated heterocycles. The highest BCUT2D eigenvalue weighted by Gasteiger charge is 2.34. The number of amides is 1. The Morgan fingerprint density at radius 1 is 1.10 bits per heavy atom. The fourth-order valence-electron chi connectivity index (χ4n) is 4.16. The van der Waals surface area contributed by atoms with Crippen LogP contribution in [0.25, 0.3) is 0 Å². The molecule has 0 spiro atoms. The van der Waals surface area contributed by atoms with Crippen molar-refractivity contribution in [1.29, 1.82) is 0 Å². The largest absolute Gasteiger partial charge is 0.489 e. The van der Waals surface area contributed by atoms with Gasteiger partial charge in [0, 0.05) is 24.6 Å². The fraction of sp³-hybridized carbons (Fsp3) is 0.320. The van der Waals surface area contributed by atoms with Crippen LogP contribution in [0.15, 0.2) is 72.9 Å². The molecule has 0 saturated carbocycles. The van der Waals surface area contributed by atoms with Gasteiger partial charge in [-0.15, -0.1) is 0 Å². The van der Waals surface area contributed by atoms with E-state index in [1.54, 1.807) is 0 Å². The van der Waals surface area contributed by atoms with Crippen molar-refractivity contribution in [3.05, 3.63) is 84.2 Å². The van der Waals surface area contributed by atoms with E-state index >= 15 is 0 Å². The third-order valence-electron chi connectivity index (χ3n) is 5.87. The zero-order chi connectivity index (χ0) is 20.9. The van der Waals surface area contributed by atoms with Gasteiger partial charge < -0.3 is 14.6 Å². The molecule has 1 aliphatic rings. The summed E-state index contributed by atoms with van der Waals surface area (Å²) in [5.74, 6) is 0.808. The van der Waals surface area contributed by atoms with Crippen molar-refractivity contribution in [1.82, 2.24) is 9.47 Å². The van der Waals surface area contributed by atoms with Gasteiger partial charge in [0.25, 0.3) is 0 Å². The molecule has 5 heteroatoms. The molecular formula is C25H29N3O2. The number of nitrogens with one attached hydrogen (secondary N) is 1. The van der Waals surface area contributed by atoms with Crippen LogP contribution in [-0.2, 0) is 18.4 Å². The lowest BCUT2D eigenvalue weighted by Crippen LogP contribution is -2.42. The van der Waals surface area contributed by atoms with E-state index in [1.807, 2.05) is 61.5 Å². The van der Waals surface area contributed by atoms with E-state index in [0.29, 0.717) is 12.6 Å². The maximum Gasteiger partial charge on any atom is 0.241 e. The van der Waals surface area contributed by atoms with Gasteiger partial charge in [-0.3, -0.25) is 9.69 Å². The lowest BCUT2D eigenvalue weighted by atomic mass is 10.1. The molecule has 5 nitrogen and oxygen atoms in total. The number of anilines is 1. The van der Waals surface area contributed by atoms with E-state index in [-0.39, 0.29) is 11.9 Å². The van der Waals surface area contributed by atoms with Crippen molar-refractivity contribution in [2.24, 2.45) is 7.05 Å². The molecule has 2 aromatic carbocycles. The van der Waals surface area contributed by atoms with Gasteiger partial charge in [0.2, 0.25) is 5.91 Å². The Labute approximate surface area is 178 Å². The number of aromatic nitrogens is 1. The van der Waals surface area contributed by atoms with E-state index in [4.69, 9.17) is 4.74 Å². The zero-order valence-corrected chi connectivity index (χ0v) is 17.6. The minimum Gasteiger partial charge on any atom is -0.489 e. The molecule has 0 unspecified atom stereocenters. The van der Waals surface area contributed by atoms with Gasteiger partial charge in [-0.2, -0.15) is 0 Å². The van der Waals surface area contributed by atoms with Gasteiger partial charge in [0.05, 0.1) is 12.1 Å². The SMILES string of the molecule is C[C@@H](C(=O)Nc1ccc(OCc2ccccc2)cc1)N1CCC[C@@H]1c1cccn1C. The first kappa shape index (κ1) is 20.2. The summed E-state index contributed by atoms with van der Waals surface area (Å²) in [4.78, 5) is 15.2. The van der Waals surface area contributed by atoms with Gasteiger partial charge in [0.1, 0.15) is 12.4 Å². The topological polar surface area (TPSA) is 46.5 Å². The summed E-state index contributed by atoms with van der Waals surface area (Å²) in [6, 6.07) is 22.0. The van der Waals surface area contributed by atoms with Gasteiger partial charge in [0.15, 0.2) is 0 Å². The number of hydrogen-bond acceptors (Lipinski definition) is 3. The van der Waals surface area contributed by atoms with E-state index in [9.17, 15) is 4.79 Å². The van der Waals surface area contributed by atoms with Crippen LogP contribution in [0.4, 0.5) is 5.69 Å². The predicted octanol–water partition coefficient (Wildman–Crippen LogP) is 4.77. The van der Waals surface area contributed by atoms with Gasteiger partial charge in [-0.05, 0) is 68.3 Å². The molecule has 2 atom stereocenters. The first-order valence-electron chi connectivity index (χ1n) is 10.6. The third-order valence-corrected chi connectivity index (χ3v) is 5.87. The summed E-state index contributed by atoms with van der Waals surface area (Å²) in [5, 5.41) is 3.06. The average molecular weight is 404 g/mol. The van der Waals surface area contributed by atoms with Crippen LogP contribution < -0.4 is 10.1 Å². The highest BCUT2D eigenvalue weighted by Crippen LogP contribution is 2.33. The molecule has 1 N–H and O–H groups in total. The molecule has 1 amide bonds. The summed E-state index contributed by atoms with van der Waals surface area (Å²) in [6.07, 6.45) is 4.27. The van der Waals surface area contributed by atoms with Crippen molar-refractivity contribution in [3.8, 4) is 5.75 Å². The summed E-state index contributed by atoms with van der Waals surface area (Å²) in [7, 11) is 2.07. The molecular weight excluding hydrogens is 374 g/mol. The molecule has 156 valence electrons.